The van der Waals surface area contributed by atoms with E-state index >= 15 is 0 Å². The van der Waals surface area contributed by atoms with Gasteiger partial charge in [-0.15, -0.1) is 0 Å². The van der Waals surface area contributed by atoms with Crippen LogP contribution in [0.5, 0.6) is 0 Å². The number of fused-ring (bicyclic) bond motifs is 6. The van der Waals surface area contributed by atoms with Crippen LogP contribution >= 0.6 is 0 Å². The second kappa shape index (κ2) is 6.39. The van der Waals surface area contributed by atoms with Gasteiger partial charge in [0.05, 0.1) is 27.6 Å². The number of rotatable bonds is 3. The molecule has 6 aromatic rings. The Labute approximate surface area is 173 Å². The highest BCUT2D eigenvalue weighted by molar-refractivity contribution is 6.04. The average molecular weight is 391 g/mol. The van der Waals surface area contributed by atoms with Crippen molar-refractivity contribution in [1.29, 1.82) is 0 Å². The van der Waals surface area contributed by atoms with E-state index in [1.807, 2.05) is 12.3 Å². The van der Waals surface area contributed by atoms with Gasteiger partial charge in [0.25, 0.3) is 0 Å². The number of nitrogens with zero attached hydrogens (tertiary/aromatic N) is 5. The van der Waals surface area contributed by atoms with E-state index in [0.717, 1.165) is 51.9 Å². The Morgan fingerprint density at radius 3 is 2.07 bits per heavy atom. The minimum atomic E-state index is 0.835. The van der Waals surface area contributed by atoms with Gasteiger partial charge in [-0.05, 0) is 35.7 Å². The SMILES string of the molecule is Cn1c(CCc2nc3c4cccnc4ccc3n2C)nc2c3ccccc3ccc21. The molecule has 0 atom stereocenters. The molecule has 5 heteroatoms. The van der Waals surface area contributed by atoms with Crippen molar-refractivity contribution in [3.63, 3.8) is 0 Å². The standard InChI is InChI=1S/C25H21N5/c1-29-20-11-9-16-6-3-4-7-17(16)24(20)27-22(29)13-14-23-28-25-18-8-5-15-26-19(18)10-12-21(25)30(23)2/h3-12,15H,13-14H2,1-2H3. The molecule has 0 spiro atoms. The van der Waals surface area contributed by atoms with Crippen LogP contribution in [0.3, 0.4) is 0 Å². The number of aryl methyl sites for hydroxylation is 4. The summed E-state index contributed by atoms with van der Waals surface area (Å²) in [7, 11) is 4.20. The maximum atomic E-state index is 5.00. The first kappa shape index (κ1) is 17.2. The normalized spacial score (nSPS) is 11.9. The van der Waals surface area contributed by atoms with Gasteiger partial charge in [-0.3, -0.25) is 4.98 Å². The Morgan fingerprint density at radius 2 is 1.30 bits per heavy atom. The molecule has 0 saturated carbocycles. The van der Waals surface area contributed by atoms with Crippen LogP contribution in [0.2, 0.25) is 0 Å². The summed E-state index contributed by atoms with van der Waals surface area (Å²) in [5.41, 5.74) is 5.39. The quantitative estimate of drug-likeness (QED) is 0.429. The smallest absolute Gasteiger partial charge is 0.110 e. The lowest BCUT2D eigenvalue weighted by Crippen LogP contribution is -2.04. The van der Waals surface area contributed by atoms with E-state index in [4.69, 9.17) is 9.97 Å². The van der Waals surface area contributed by atoms with Crippen LogP contribution in [-0.2, 0) is 26.9 Å². The van der Waals surface area contributed by atoms with Crippen LogP contribution in [0.4, 0.5) is 0 Å². The predicted octanol–water partition coefficient (Wildman–Crippen LogP) is 4.95. The van der Waals surface area contributed by atoms with Crippen molar-refractivity contribution >= 4 is 43.7 Å². The highest BCUT2D eigenvalue weighted by Crippen LogP contribution is 2.27. The van der Waals surface area contributed by atoms with Gasteiger partial charge >= 0.3 is 0 Å². The molecule has 146 valence electrons. The zero-order chi connectivity index (χ0) is 20.2. The Bertz CT molecular complexity index is 1450. The van der Waals surface area contributed by atoms with Gasteiger partial charge in [-0.2, -0.15) is 0 Å². The van der Waals surface area contributed by atoms with E-state index < -0.39 is 0 Å². The molecule has 3 aromatic carbocycles. The summed E-state index contributed by atoms with van der Waals surface area (Å²) >= 11 is 0. The molecule has 0 N–H and O–H groups in total. The van der Waals surface area contributed by atoms with Crippen molar-refractivity contribution in [2.75, 3.05) is 0 Å². The third-order valence-electron chi connectivity index (χ3n) is 6.17. The Morgan fingerprint density at radius 1 is 0.667 bits per heavy atom. The zero-order valence-electron chi connectivity index (χ0n) is 17.0. The molecule has 30 heavy (non-hydrogen) atoms. The van der Waals surface area contributed by atoms with Gasteiger partial charge in [-0.25, -0.2) is 9.97 Å². The second-order valence-electron chi connectivity index (χ2n) is 7.83. The first-order chi connectivity index (χ1) is 14.7. The Balaban J connectivity index is 1.41. The summed E-state index contributed by atoms with van der Waals surface area (Å²) in [5, 5.41) is 3.54. The van der Waals surface area contributed by atoms with E-state index in [1.165, 1.54) is 16.3 Å². The molecule has 0 saturated heterocycles. The van der Waals surface area contributed by atoms with Crippen LogP contribution in [0.1, 0.15) is 11.6 Å². The van der Waals surface area contributed by atoms with Gasteiger partial charge in [0.15, 0.2) is 0 Å². The molecule has 5 nitrogen and oxygen atoms in total. The predicted molar refractivity (Wildman–Crippen MR) is 122 cm³/mol. The fourth-order valence-corrected chi connectivity index (χ4v) is 4.50. The van der Waals surface area contributed by atoms with Crippen LogP contribution < -0.4 is 0 Å². The lowest BCUT2D eigenvalue weighted by atomic mass is 10.1. The van der Waals surface area contributed by atoms with E-state index in [0.29, 0.717) is 0 Å². The second-order valence-corrected chi connectivity index (χ2v) is 7.83. The lowest BCUT2D eigenvalue weighted by Gasteiger charge is -2.04. The molecule has 6 rings (SSSR count). The van der Waals surface area contributed by atoms with Gasteiger partial charge in [0, 0.05) is 43.9 Å². The van der Waals surface area contributed by atoms with Crippen molar-refractivity contribution in [2.24, 2.45) is 14.1 Å². The van der Waals surface area contributed by atoms with Gasteiger partial charge < -0.3 is 9.13 Å². The summed E-state index contributed by atoms with van der Waals surface area (Å²) in [6.45, 7) is 0. The fourth-order valence-electron chi connectivity index (χ4n) is 4.50. The number of pyridine rings is 1. The van der Waals surface area contributed by atoms with Gasteiger partial charge in [0.2, 0.25) is 0 Å². The molecular weight excluding hydrogens is 370 g/mol. The highest BCUT2D eigenvalue weighted by atomic mass is 15.1. The topological polar surface area (TPSA) is 48.5 Å². The molecule has 0 unspecified atom stereocenters. The summed E-state index contributed by atoms with van der Waals surface area (Å²) in [6.07, 6.45) is 3.50. The Kier molecular flexibility index (Phi) is 3.65. The molecule has 3 heterocycles. The number of hydrogen-bond donors (Lipinski definition) is 0. The third-order valence-corrected chi connectivity index (χ3v) is 6.17. The fraction of sp³-hybridized carbons (Fsp3) is 0.160. The molecule has 3 aromatic heterocycles. The average Bonchev–Trinajstić information content (AvgIpc) is 3.29. The number of imidazole rings is 2. The number of benzene rings is 3. The third kappa shape index (κ3) is 2.45. The molecule has 0 aliphatic heterocycles. The summed E-state index contributed by atoms with van der Waals surface area (Å²) < 4.78 is 4.41. The molecular formula is C25H21N5. The zero-order valence-corrected chi connectivity index (χ0v) is 17.0. The van der Waals surface area contributed by atoms with Gasteiger partial charge in [-0.1, -0.05) is 30.3 Å². The number of hydrogen-bond acceptors (Lipinski definition) is 3. The number of aromatic nitrogens is 5. The van der Waals surface area contributed by atoms with E-state index in [-0.39, 0.29) is 0 Å². The molecule has 0 radical (unpaired) electrons. The lowest BCUT2D eigenvalue weighted by molar-refractivity contribution is 0.732. The minimum absolute atomic E-state index is 0.835. The molecule has 0 amide bonds. The van der Waals surface area contributed by atoms with Gasteiger partial charge in [0.1, 0.15) is 11.6 Å². The van der Waals surface area contributed by atoms with Crippen molar-refractivity contribution in [3.8, 4) is 0 Å². The van der Waals surface area contributed by atoms with E-state index in [2.05, 4.69) is 82.8 Å². The molecule has 0 bridgehead atoms. The van der Waals surface area contributed by atoms with E-state index in [9.17, 15) is 0 Å². The van der Waals surface area contributed by atoms with Crippen molar-refractivity contribution in [3.05, 3.63) is 78.5 Å². The molecule has 0 aliphatic carbocycles. The first-order valence-corrected chi connectivity index (χ1v) is 10.2. The largest absolute Gasteiger partial charge is 0.331 e. The monoisotopic (exact) mass is 391 g/mol. The van der Waals surface area contributed by atoms with Crippen molar-refractivity contribution in [1.82, 2.24) is 24.1 Å². The molecule has 0 fully saturated rings. The van der Waals surface area contributed by atoms with Crippen LogP contribution in [-0.4, -0.2) is 24.1 Å². The van der Waals surface area contributed by atoms with Crippen molar-refractivity contribution in [2.45, 2.75) is 12.8 Å². The first-order valence-electron chi connectivity index (χ1n) is 10.2. The van der Waals surface area contributed by atoms with Crippen LogP contribution in [0, 0.1) is 0 Å². The van der Waals surface area contributed by atoms with Crippen LogP contribution in [0.25, 0.3) is 43.7 Å². The highest BCUT2D eigenvalue weighted by Gasteiger charge is 2.14. The van der Waals surface area contributed by atoms with Crippen molar-refractivity contribution < 1.29 is 0 Å². The minimum Gasteiger partial charge on any atom is -0.331 e. The van der Waals surface area contributed by atoms with Crippen LogP contribution in [0.15, 0.2) is 66.9 Å². The summed E-state index contributed by atoms with van der Waals surface area (Å²) in [6, 6.07) is 21.0. The Hall–Kier alpha value is -3.73. The summed E-state index contributed by atoms with van der Waals surface area (Å²) in [4.78, 5) is 14.4. The maximum Gasteiger partial charge on any atom is 0.110 e. The maximum absolute atomic E-state index is 5.00. The summed E-state index contributed by atoms with van der Waals surface area (Å²) in [5.74, 6) is 2.15. The van der Waals surface area contributed by atoms with E-state index in [1.54, 1.807) is 0 Å². The molecule has 0 aliphatic rings.